The second kappa shape index (κ2) is 7.99. The Morgan fingerprint density at radius 3 is 3.00 bits per heavy atom. The minimum absolute atomic E-state index is 0.0799. The third kappa shape index (κ3) is 3.68. The summed E-state index contributed by atoms with van der Waals surface area (Å²) in [4.78, 5) is 30.4. The van der Waals surface area contributed by atoms with Crippen LogP contribution >= 0.6 is 0 Å². The molecule has 1 saturated heterocycles. The topological polar surface area (TPSA) is 97.6 Å². The van der Waals surface area contributed by atoms with Gasteiger partial charge in [0.15, 0.2) is 0 Å². The predicted molar refractivity (Wildman–Crippen MR) is 93.4 cm³/mol. The lowest BCUT2D eigenvalue weighted by molar-refractivity contribution is -0.143. The highest BCUT2D eigenvalue weighted by Crippen LogP contribution is 2.27. The van der Waals surface area contributed by atoms with Crippen molar-refractivity contribution in [2.75, 3.05) is 20.2 Å². The number of amides is 2. The summed E-state index contributed by atoms with van der Waals surface area (Å²) in [5.74, 6) is 1.29. The first-order chi connectivity index (χ1) is 12.6. The Kier molecular flexibility index (Phi) is 5.50. The van der Waals surface area contributed by atoms with E-state index in [0.717, 1.165) is 5.56 Å². The van der Waals surface area contributed by atoms with Crippen molar-refractivity contribution in [2.24, 2.45) is 0 Å². The molecule has 0 saturated carbocycles. The third-order valence-electron chi connectivity index (χ3n) is 4.41. The molecule has 26 heavy (non-hydrogen) atoms. The first-order valence-corrected chi connectivity index (χ1v) is 8.67. The van der Waals surface area contributed by atoms with Gasteiger partial charge in [-0.15, -0.1) is 0 Å². The van der Waals surface area contributed by atoms with E-state index in [9.17, 15) is 9.59 Å². The zero-order chi connectivity index (χ0) is 18.5. The zero-order valence-electron chi connectivity index (χ0n) is 14.9. The summed E-state index contributed by atoms with van der Waals surface area (Å²) in [5, 5.41) is 6.76. The van der Waals surface area contributed by atoms with Gasteiger partial charge in [-0.1, -0.05) is 24.2 Å². The number of piperazine rings is 1. The number of para-hydroxylation sites is 1. The van der Waals surface area contributed by atoms with Crippen LogP contribution in [0, 0.1) is 0 Å². The lowest BCUT2D eigenvalue weighted by Gasteiger charge is -2.34. The number of ether oxygens (including phenoxy) is 1. The number of hydrogen-bond donors (Lipinski definition) is 1. The molecular weight excluding hydrogens is 336 g/mol. The first-order valence-electron chi connectivity index (χ1n) is 8.67. The van der Waals surface area contributed by atoms with E-state index in [0.29, 0.717) is 43.4 Å². The molecule has 1 N–H and O–H groups in total. The molecule has 0 spiro atoms. The molecule has 0 bridgehead atoms. The van der Waals surface area contributed by atoms with Crippen molar-refractivity contribution < 1.29 is 18.8 Å². The van der Waals surface area contributed by atoms with Gasteiger partial charge < -0.3 is 19.5 Å². The van der Waals surface area contributed by atoms with Crippen LogP contribution in [0.5, 0.6) is 5.75 Å². The van der Waals surface area contributed by atoms with Crippen LogP contribution in [0.4, 0.5) is 0 Å². The summed E-state index contributed by atoms with van der Waals surface area (Å²) in [6.07, 6.45) is 1.14. The van der Waals surface area contributed by atoms with E-state index in [1.165, 1.54) is 0 Å². The molecule has 2 aromatic rings. The maximum Gasteiger partial charge on any atom is 0.242 e. The Hall–Kier alpha value is -2.90. The number of aromatic nitrogens is 2. The standard InChI is InChI=1S/C18H22N4O4/c1-3-13-18(24)19-10-11-22(13)16(23)9-8-15-20-17(21-26-15)12-6-4-5-7-14(12)25-2/h4-7,13H,3,8-11H2,1-2H3,(H,19,24). The zero-order valence-corrected chi connectivity index (χ0v) is 14.9. The average molecular weight is 358 g/mol. The highest BCUT2D eigenvalue weighted by Gasteiger charge is 2.31. The molecule has 2 amide bonds. The Bertz CT molecular complexity index is 789. The van der Waals surface area contributed by atoms with E-state index in [1.807, 2.05) is 31.2 Å². The summed E-state index contributed by atoms with van der Waals surface area (Å²) in [6.45, 7) is 2.91. The van der Waals surface area contributed by atoms with Crippen LogP contribution in [-0.2, 0) is 16.0 Å². The summed E-state index contributed by atoms with van der Waals surface area (Å²) in [7, 11) is 1.58. The number of benzene rings is 1. The maximum absolute atomic E-state index is 12.5. The number of carbonyl (C=O) groups excluding carboxylic acids is 2. The molecule has 1 fully saturated rings. The number of methoxy groups -OCH3 is 1. The number of aryl methyl sites for hydroxylation is 1. The van der Waals surface area contributed by atoms with Crippen LogP contribution in [-0.4, -0.2) is 53.1 Å². The van der Waals surface area contributed by atoms with Gasteiger partial charge in [-0.25, -0.2) is 0 Å². The molecule has 1 aromatic heterocycles. The fraction of sp³-hybridized carbons (Fsp3) is 0.444. The fourth-order valence-electron chi connectivity index (χ4n) is 3.07. The molecule has 2 heterocycles. The van der Waals surface area contributed by atoms with Gasteiger partial charge >= 0.3 is 0 Å². The molecule has 1 aliphatic heterocycles. The molecule has 0 aliphatic carbocycles. The van der Waals surface area contributed by atoms with Gasteiger partial charge in [-0.3, -0.25) is 9.59 Å². The summed E-state index contributed by atoms with van der Waals surface area (Å²) in [6, 6.07) is 6.99. The van der Waals surface area contributed by atoms with E-state index in [4.69, 9.17) is 9.26 Å². The quantitative estimate of drug-likeness (QED) is 0.839. The van der Waals surface area contributed by atoms with Gasteiger partial charge in [0, 0.05) is 25.9 Å². The smallest absolute Gasteiger partial charge is 0.242 e. The molecular formula is C18H22N4O4. The summed E-state index contributed by atoms with van der Waals surface area (Å²) >= 11 is 0. The van der Waals surface area contributed by atoms with E-state index in [-0.39, 0.29) is 18.2 Å². The van der Waals surface area contributed by atoms with Gasteiger partial charge in [0.05, 0.1) is 12.7 Å². The Morgan fingerprint density at radius 2 is 2.23 bits per heavy atom. The molecule has 3 rings (SSSR count). The minimum Gasteiger partial charge on any atom is -0.496 e. The van der Waals surface area contributed by atoms with Crippen molar-refractivity contribution >= 4 is 11.8 Å². The van der Waals surface area contributed by atoms with Gasteiger partial charge in [0.25, 0.3) is 0 Å². The van der Waals surface area contributed by atoms with Crippen LogP contribution < -0.4 is 10.1 Å². The van der Waals surface area contributed by atoms with E-state index in [1.54, 1.807) is 12.0 Å². The van der Waals surface area contributed by atoms with Crippen molar-refractivity contribution in [3.05, 3.63) is 30.2 Å². The highest BCUT2D eigenvalue weighted by atomic mass is 16.5. The predicted octanol–water partition coefficient (Wildman–Crippen LogP) is 1.41. The van der Waals surface area contributed by atoms with Crippen LogP contribution in [0.3, 0.4) is 0 Å². The lowest BCUT2D eigenvalue weighted by Crippen LogP contribution is -2.56. The molecule has 1 unspecified atom stereocenters. The van der Waals surface area contributed by atoms with Gasteiger partial charge in [0.2, 0.25) is 23.5 Å². The molecule has 8 nitrogen and oxygen atoms in total. The van der Waals surface area contributed by atoms with Crippen LogP contribution in [0.1, 0.15) is 25.7 Å². The van der Waals surface area contributed by atoms with Crippen LogP contribution in [0.15, 0.2) is 28.8 Å². The van der Waals surface area contributed by atoms with Gasteiger partial charge in [-0.05, 0) is 18.6 Å². The first kappa shape index (κ1) is 17.9. The molecule has 1 atom stereocenters. The normalized spacial score (nSPS) is 17.1. The molecule has 138 valence electrons. The second-order valence-corrected chi connectivity index (χ2v) is 6.01. The number of carbonyl (C=O) groups is 2. The minimum atomic E-state index is -0.400. The second-order valence-electron chi connectivity index (χ2n) is 6.01. The van der Waals surface area contributed by atoms with E-state index >= 15 is 0 Å². The molecule has 0 radical (unpaired) electrons. The van der Waals surface area contributed by atoms with Gasteiger partial charge in [0.1, 0.15) is 11.8 Å². The van der Waals surface area contributed by atoms with Crippen LogP contribution in [0.25, 0.3) is 11.4 Å². The molecule has 1 aromatic carbocycles. The number of rotatable bonds is 6. The van der Waals surface area contributed by atoms with Crippen molar-refractivity contribution in [1.29, 1.82) is 0 Å². The lowest BCUT2D eigenvalue weighted by atomic mass is 10.1. The molecule has 1 aliphatic rings. The average Bonchev–Trinajstić information content (AvgIpc) is 3.14. The monoisotopic (exact) mass is 358 g/mol. The fourth-order valence-corrected chi connectivity index (χ4v) is 3.07. The van der Waals surface area contributed by atoms with Crippen molar-refractivity contribution in [2.45, 2.75) is 32.2 Å². The number of hydrogen-bond acceptors (Lipinski definition) is 6. The Balaban J connectivity index is 1.64. The third-order valence-corrected chi connectivity index (χ3v) is 4.41. The van der Waals surface area contributed by atoms with Gasteiger partial charge in [-0.2, -0.15) is 4.98 Å². The summed E-state index contributed by atoms with van der Waals surface area (Å²) < 4.78 is 10.6. The maximum atomic E-state index is 12.5. The highest BCUT2D eigenvalue weighted by molar-refractivity contribution is 5.88. The van der Waals surface area contributed by atoms with Crippen molar-refractivity contribution in [1.82, 2.24) is 20.4 Å². The van der Waals surface area contributed by atoms with E-state index in [2.05, 4.69) is 15.5 Å². The Labute approximate surface area is 151 Å². The van der Waals surface area contributed by atoms with E-state index < -0.39 is 6.04 Å². The SMILES string of the molecule is CCC1C(=O)NCCN1C(=O)CCc1nc(-c2ccccc2OC)no1. The Morgan fingerprint density at radius 1 is 1.42 bits per heavy atom. The summed E-state index contributed by atoms with van der Waals surface area (Å²) in [5.41, 5.74) is 0.732. The number of nitrogens with one attached hydrogen (secondary N) is 1. The number of nitrogens with zero attached hydrogens (tertiary/aromatic N) is 3. The molecule has 8 heteroatoms. The van der Waals surface area contributed by atoms with Crippen molar-refractivity contribution in [3.63, 3.8) is 0 Å². The van der Waals surface area contributed by atoms with Crippen LogP contribution in [0.2, 0.25) is 0 Å². The van der Waals surface area contributed by atoms with Crippen molar-refractivity contribution in [3.8, 4) is 17.1 Å². The largest absolute Gasteiger partial charge is 0.496 e.